The quantitative estimate of drug-likeness (QED) is 0.474. The molecule has 0 radical (unpaired) electrons. The monoisotopic (exact) mass is 485 g/mol. The standard InChI is InChI=1S/C24H22F3N5O3/c25-24(26,27)19-3-1-2-4-20(19)31-18-7-5-16(6-8-18)13-28-22(34)23(10-12-35-15-23)32-21(33)17-9-11-29-30-14-17/h1-9,11,14,31H,10,12-13,15H2,(H,28,34)(H,32,33). The van der Waals surface area contributed by atoms with E-state index in [1.165, 1.54) is 36.7 Å². The van der Waals surface area contributed by atoms with Crippen LogP contribution in [0.15, 0.2) is 67.0 Å². The second-order valence-corrected chi connectivity index (χ2v) is 8.02. The lowest BCUT2D eigenvalue weighted by Crippen LogP contribution is -2.59. The van der Waals surface area contributed by atoms with Crippen molar-refractivity contribution in [2.45, 2.75) is 24.7 Å². The SMILES string of the molecule is O=C(NC1(C(=O)NCc2ccc(Nc3ccccc3C(F)(F)F)cc2)CCOC1)c1ccnnc1. The van der Waals surface area contributed by atoms with Gasteiger partial charge in [0, 0.05) is 25.3 Å². The summed E-state index contributed by atoms with van der Waals surface area (Å²) < 4.78 is 45.0. The summed E-state index contributed by atoms with van der Waals surface area (Å²) in [5.41, 5.74) is -0.561. The van der Waals surface area contributed by atoms with Crippen LogP contribution in [0, 0.1) is 0 Å². The molecular weight excluding hydrogens is 463 g/mol. The summed E-state index contributed by atoms with van der Waals surface area (Å²) in [6, 6.07) is 13.4. The van der Waals surface area contributed by atoms with Gasteiger partial charge in [0.25, 0.3) is 5.91 Å². The second-order valence-electron chi connectivity index (χ2n) is 8.02. The highest BCUT2D eigenvalue weighted by molar-refractivity contribution is 5.99. The molecule has 0 spiro atoms. The lowest BCUT2D eigenvalue weighted by Gasteiger charge is -2.27. The maximum absolute atomic E-state index is 13.2. The first-order valence-electron chi connectivity index (χ1n) is 10.7. The molecule has 4 rings (SSSR count). The van der Waals surface area contributed by atoms with Crippen molar-refractivity contribution in [3.8, 4) is 0 Å². The van der Waals surface area contributed by atoms with Gasteiger partial charge in [-0.3, -0.25) is 9.59 Å². The third-order valence-electron chi connectivity index (χ3n) is 5.57. The number of nitrogens with one attached hydrogen (secondary N) is 3. The summed E-state index contributed by atoms with van der Waals surface area (Å²) in [6.45, 7) is 0.513. The number of carbonyl (C=O) groups excluding carboxylic acids is 2. The van der Waals surface area contributed by atoms with Crippen molar-refractivity contribution in [3.63, 3.8) is 0 Å². The Hall–Kier alpha value is -3.99. The maximum atomic E-state index is 13.2. The Morgan fingerprint density at radius 2 is 1.80 bits per heavy atom. The van der Waals surface area contributed by atoms with Crippen molar-refractivity contribution in [1.82, 2.24) is 20.8 Å². The number of anilines is 2. The molecule has 3 aromatic rings. The largest absolute Gasteiger partial charge is 0.418 e. The van der Waals surface area contributed by atoms with Gasteiger partial charge in [0.2, 0.25) is 5.91 Å². The van der Waals surface area contributed by atoms with Crippen LogP contribution in [0.2, 0.25) is 0 Å². The minimum absolute atomic E-state index is 0.0323. The Bertz CT molecular complexity index is 1180. The van der Waals surface area contributed by atoms with Crippen LogP contribution in [0.3, 0.4) is 0 Å². The molecule has 1 fully saturated rings. The van der Waals surface area contributed by atoms with Crippen LogP contribution in [0.5, 0.6) is 0 Å². The molecule has 0 saturated carbocycles. The molecular formula is C24H22F3N5O3. The van der Waals surface area contributed by atoms with Gasteiger partial charge in [-0.25, -0.2) is 0 Å². The van der Waals surface area contributed by atoms with Crippen LogP contribution in [-0.2, 0) is 22.3 Å². The number of para-hydroxylation sites is 1. The predicted octanol–water partition coefficient (Wildman–Crippen LogP) is 3.44. The van der Waals surface area contributed by atoms with Crippen molar-refractivity contribution in [2.75, 3.05) is 18.5 Å². The smallest absolute Gasteiger partial charge is 0.378 e. The fourth-order valence-electron chi connectivity index (χ4n) is 3.67. The van der Waals surface area contributed by atoms with E-state index in [1.54, 1.807) is 24.3 Å². The highest BCUT2D eigenvalue weighted by Crippen LogP contribution is 2.35. The summed E-state index contributed by atoms with van der Waals surface area (Å²) in [4.78, 5) is 25.6. The molecule has 1 saturated heterocycles. The van der Waals surface area contributed by atoms with Crippen LogP contribution in [0.4, 0.5) is 24.5 Å². The highest BCUT2D eigenvalue weighted by atomic mass is 19.4. The molecule has 0 bridgehead atoms. The first-order chi connectivity index (χ1) is 16.8. The summed E-state index contributed by atoms with van der Waals surface area (Å²) in [5.74, 6) is -0.859. The van der Waals surface area contributed by atoms with E-state index in [-0.39, 0.29) is 24.4 Å². The molecule has 1 aliphatic rings. The van der Waals surface area contributed by atoms with Crippen molar-refractivity contribution in [2.24, 2.45) is 0 Å². The minimum Gasteiger partial charge on any atom is -0.378 e. The van der Waals surface area contributed by atoms with Gasteiger partial charge >= 0.3 is 6.18 Å². The first-order valence-corrected chi connectivity index (χ1v) is 10.7. The molecule has 35 heavy (non-hydrogen) atoms. The number of rotatable bonds is 7. The minimum atomic E-state index is -4.48. The number of alkyl halides is 3. The molecule has 1 aliphatic heterocycles. The Labute approximate surface area is 198 Å². The van der Waals surface area contributed by atoms with Gasteiger partial charge in [-0.2, -0.15) is 23.4 Å². The summed E-state index contributed by atoms with van der Waals surface area (Å²) in [6.07, 6.45) is -1.48. The van der Waals surface area contributed by atoms with Gasteiger partial charge in [0.15, 0.2) is 0 Å². The molecule has 8 nitrogen and oxygen atoms in total. The van der Waals surface area contributed by atoms with E-state index >= 15 is 0 Å². The predicted molar refractivity (Wildman–Crippen MR) is 121 cm³/mol. The van der Waals surface area contributed by atoms with Crippen molar-refractivity contribution < 1.29 is 27.5 Å². The van der Waals surface area contributed by atoms with Gasteiger partial charge in [-0.15, -0.1) is 0 Å². The van der Waals surface area contributed by atoms with Gasteiger partial charge in [0.05, 0.1) is 35.8 Å². The zero-order chi connectivity index (χ0) is 24.9. The van der Waals surface area contributed by atoms with Gasteiger partial charge in [-0.05, 0) is 35.9 Å². The van der Waals surface area contributed by atoms with Crippen LogP contribution in [0.1, 0.15) is 27.9 Å². The number of halogens is 3. The first kappa shape index (κ1) is 24.1. The van der Waals surface area contributed by atoms with E-state index < -0.39 is 29.1 Å². The van der Waals surface area contributed by atoms with E-state index in [4.69, 9.17) is 4.74 Å². The number of hydrogen-bond donors (Lipinski definition) is 3. The second kappa shape index (κ2) is 10.1. The van der Waals surface area contributed by atoms with Crippen molar-refractivity contribution >= 4 is 23.2 Å². The number of ether oxygens (including phenoxy) is 1. The van der Waals surface area contributed by atoms with Gasteiger partial charge in [-0.1, -0.05) is 24.3 Å². The molecule has 1 unspecified atom stereocenters. The molecule has 1 aromatic heterocycles. The summed E-state index contributed by atoms with van der Waals surface area (Å²) in [5, 5.41) is 15.6. The Balaban J connectivity index is 1.38. The van der Waals surface area contributed by atoms with E-state index in [1.807, 2.05) is 0 Å². The number of benzene rings is 2. The normalized spacial score (nSPS) is 17.6. The molecule has 2 amide bonds. The summed E-state index contributed by atoms with van der Waals surface area (Å²) in [7, 11) is 0. The Kier molecular flexibility index (Phi) is 6.97. The van der Waals surface area contributed by atoms with E-state index in [0.717, 1.165) is 11.6 Å². The third-order valence-corrected chi connectivity index (χ3v) is 5.57. The van der Waals surface area contributed by atoms with E-state index in [2.05, 4.69) is 26.1 Å². The maximum Gasteiger partial charge on any atom is 0.418 e. The lowest BCUT2D eigenvalue weighted by molar-refractivity contribution is -0.137. The molecule has 3 N–H and O–H groups in total. The number of nitrogens with zero attached hydrogens (tertiary/aromatic N) is 2. The Morgan fingerprint density at radius 3 is 2.46 bits per heavy atom. The van der Waals surface area contributed by atoms with Gasteiger partial charge < -0.3 is 20.7 Å². The average molecular weight is 485 g/mol. The lowest BCUT2D eigenvalue weighted by atomic mass is 9.96. The van der Waals surface area contributed by atoms with Crippen LogP contribution >= 0.6 is 0 Å². The van der Waals surface area contributed by atoms with Crippen LogP contribution < -0.4 is 16.0 Å². The number of carbonyl (C=O) groups is 2. The average Bonchev–Trinajstić information content (AvgIpc) is 3.33. The third kappa shape index (κ3) is 5.75. The highest BCUT2D eigenvalue weighted by Gasteiger charge is 2.43. The zero-order valence-electron chi connectivity index (χ0n) is 18.4. The fourth-order valence-corrected chi connectivity index (χ4v) is 3.67. The van der Waals surface area contributed by atoms with E-state index in [0.29, 0.717) is 18.7 Å². The molecule has 2 heterocycles. The molecule has 0 aliphatic carbocycles. The number of hydrogen-bond acceptors (Lipinski definition) is 6. The van der Waals surface area contributed by atoms with Crippen LogP contribution in [0.25, 0.3) is 0 Å². The number of amides is 2. The van der Waals surface area contributed by atoms with Gasteiger partial charge in [0.1, 0.15) is 5.54 Å². The Morgan fingerprint density at radius 1 is 1.03 bits per heavy atom. The van der Waals surface area contributed by atoms with Crippen LogP contribution in [-0.4, -0.2) is 40.8 Å². The van der Waals surface area contributed by atoms with Crippen molar-refractivity contribution in [1.29, 1.82) is 0 Å². The molecule has 1 atom stereocenters. The fraction of sp³-hybridized carbons (Fsp3) is 0.250. The number of aromatic nitrogens is 2. The summed E-state index contributed by atoms with van der Waals surface area (Å²) >= 11 is 0. The molecule has 11 heteroatoms. The molecule has 2 aromatic carbocycles. The zero-order valence-corrected chi connectivity index (χ0v) is 18.4. The van der Waals surface area contributed by atoms with E-state index in [9.17, 15) is 22.8 Å². The van der Waals surface area contributed by atoms with Crippen molar-refractivity contribution in [3.05, 3.63) is 83.7 Å². The topological polar surface area (TPSA) is 105 Å². The molecule has 182 valence electrons.